The summed E-state index contributed by atoms with van der Waals surface area (Å²) in [5, 5.41) is 3.55. The van der Waals surface area contributed by atoms with E-state index in [9.17, 15) is 0 Å². The monoisotopic (exact) mass is 280 g/mol. The maximum Gasteiger partial charge on any atom is 0.0426 e. The van der Waals surface area contributed by atoms with E-state index < -0.39 is 0 Å². The molecule has 110 valence electrons. The standard InChI is InChI=1S/C19H24N2/c1-15-3-11-19(12-4-15)21(2)14-17-7-5-16(6-8-17)13-20-18-9-10-18/h3-8,11-12,18,20H,9-10,13-14H2,1-2H3. The molecule has 0 aromatic heterocycles. The molecule has 3 rings (SSSR count). The molecule has 0 saturated heterocycles. The Balaban J connectivity index is 1.57. The second kappa shape index (κ2) is 6.31. The second-order valence-corrected chi connectivity index (χ2v) is 6.16. The lowest BCUT2D eigenvalue weighted by Gasteiger charge is -2.19. The molecule has 2 aromatic rings. The summed E-state index contributed by atoms with van der Waals surface area (Å²) in [6, 6.07) is 18.4. The lowest BCUT2D eigenvalue weighted by atomic mass is 10.1. The van der Waals surface area contributed by atoms with E-state index in [0.29, 0.717) is 0 Å². The summed E-state index contributed by atoms with van der Waals surface area (Å²) < 4.78 is 0. The fraction of sp³-hybridized carbons (Fsp3) is 0.368. The smallest absolute Gasteiger partial charge is 0.0426 e. The average Bonchev–Trinajstić information content (AvgIpc) is 3.31. The molecule has 2 aromatic carbocycles. The molecule has 0 radical (unpaired) electrons. The van der Waals surface area contributed by atoms with Gasteiger partial charge in [-0.25, -0.2) is 0 Å². The molecule has 21 heavy (non-hydrogen) atoms. The van der Waals surface area contributed by atoms with Crippen LogP contribution in [0.25, 0.3) is 0 Å². The maximum absolute atomic E-state index is 3.55. The number of rotatable bonds is 6. The van der Waals surface area contributed by atoms with Crippen molar-refractivity contribution in [2.75, 3.05) is 11.9 Å². The van der Waals surface area contributed by atoms with Crippen molar-refractivity contribution in [2.45, 2.75) is 38.9 Å². The Labute approximate surface area is 127 Å². The molecule has 1 fully saturated rings. The quantitative estimate of drug-likeness (QED) is 0.863. The first-order chi connectivity index (χ1) is 10.2. The Morgan fingerprint density at radius 3 is 2.19 bits per heavy atom. The predicted octanol–water partition coefficient (Wildman–Crippen LogP) is 3.88. The first-order valence-corrected chi connectivity index (χ1v) is 7.80. The van der Waals surface area contributed by atoms with Crippen LogP contribution in [0.1, 0.15) is 29.5 Å². The Hall–Kier alpha value is -1.80. The summed E-state index contributed by atoms with van der Waals surface area (Å²) >= 11 is 0. The van der Waals surface area contributed by atoms with Gasteiger partial charge in [-0.15, -0.1) is 0 Å². The van der Waals surface area contributed by atoms with Crippen LogP contribution in [0.15, 0.2) is 48.5 Å². The molecule has 0 atom stereocenters. The minimum Gasteiger partial charge on any atom is -0.370 e. The lowest BCUT2D eigenvalue weighted by Crippen LogP contribution is -2.17. The molecular weight excluding hydrogens is 256 g/mol. The minimum absolute atomic E-state index is 0.775. The first-order valence-electron chi connectivity index (χ1n) is 7.80. The first kappa shape index (κ1) is 14.2. The van der Waals surface area contributed by atoms with Crippen molar-refractivity contribution in [3.05, 3.63) is 65.2 Å². The Bertz CT molecular complexity index is 568. The SMILES string of the molecule is Cc1ccc(N(C)Cc2ccc(CNC3CC3)cc2)cc1. The molecule has 0 spiro atoms. The highest BCUT2D eigenvalue weighted by molar-refractivity contribution is 5.47. The van der Waals surface area contributed by atoms with Gasteiger partial charge in [0.1, 0.15) is 0 Å². The van der Waals surface area contributed by atoms with Crippen molar-refractivity contribution in [2.24, 2.45) is 0 Å². The van der Waals surface area contributed by atoms with Gasteiger partial charge in [0.15, 0.2) is 0 Å². The lowest BCUT2D eigenvalue weighted by molar-refractivity contribution is 0.687. The predicted molar refractivity (Wildman–Crippen MR) is 89.6 cm³/mol. The number of hydrogen-bond acceptors (Lipinski definition) is 2. The zero-order chi connectivity index (χ0) is 14.7. The summed E-state index contributed by atoms with van der Waals surface area (Å²) in [4.78, 5) is 2.29. The van der Waals surface area contributed by atoms with Gasteiger partial charge in [0.2, 0.25) is 0 Å². The van der Waals surface area contributed by atoms with Crippen molar-refractivity contribution in [1.82, 2.24) is 5.32 Å². The van der Waals surface area contributed by atoms with E-state index in [-0.39, 0.29) is 0 Å². The van der Waals surface area contributed by atoms with Crippen LogP contribution in [0, 0.1) is 6.92 Å². The normalized spacial score (nSPS) is 14.2. The van der Waals surface area contributed by atoms with E-state index in [2.05, 4.69) is 72.7 Å². The van der Waals surface area contributed by atoms with Crippen LogP contribution in [0.4, 0.5) is 5.69 Å². The molecule has 0 amide bonds. The van der Waals surface area contributed by atoms with Crippen molar-refractivity contribution in [1.29, 1.82) is 0 Å². The van der Waals surface area contributed by atoms with Crippen molar-refractivity contribution < 1.29 is 0 Å². The highest BCUT2D eigenvalue weighted by Crippen LogP contribution is 2.20. The van der Waals surface area contributed by atoms with Crippen LogP contribution in [-0.4, -0.2) is 13.1 Å². The number of nitrogens with zero attached hydrogens (tertiary/aromatic N) is 1. The molecule has 0 unspecified atom stereocenters. The van der Waals surface area contributed by atoms with E-state index in [1.165, 1.54) is 35.2 Å². The number of nitrogens with one attached hydrogen (secondary N) is 1. The molecule has 2 nitrogen and oxygen atoms in total. The third kappa shape index (κ3) is 4.08. The van der Waals surface area contributed by atoms with Crippen molar-refractivity contribution >= 4 is 5.69 Å². The Morgan fingerprint density at radius 1 is 0.952 bits per heavy atom. The molecule has 2 heteroatoms. The summed E-state index contributed by atoms with van der Waals surface area (Å²) in [6.07, 6.45) is 2.69. The topological polar surface area (TPSA) is 15.3 Å². The molecule has 1 aliphatic rings. The maximum atomic E-state index is 3.55. The molecule has 1 aliphatic carbocycles. The molecule has 1 N–H and O–H groups in total. The van der Waals surface area contributed by atoms with Gasteiger partial charge in [-0.3, -0.25) is 0 Å². The fourth-order valence-electron chi connectivity index (χ4n) is 2.48. The summed E-state index contributed by atoms with van der Waals surface area (Å²) in [7, 11) is 2.15. The van der Waals surface area contributed by atoms with Gasteiger partial charge in [-0.05, 0) is 43.0 Å². The number of aryl methyl sites for hydroxylation is 1. The largest absolute Gasteiger partial charge is 0.370 e. The van der Waals surface area contributed by atoms with Gasteiger partial charge in [0.25, 0.3) is 0 Å². The number of hydrogen-bond donors (Lipinski definition) is 1. The Kier molecular flexibility index (Phi) is 4.26. The molecule has 1 saturated carbocycles. The van der Waals surface area contributed by atoms with Crippen LogP contribution in [0.5, 0.6) is 0 Å². The van der Waals surface area contributed by atoms with E-state index in [0.717, 1.165) is 19.1 Å². The molecule has 0 heterocycles. The molecule has 0 bridgehead atoms. The highest BCUT2D eigenvalue weighted by atomic mass is 15.1. The van der Waals surface area contributed by atoms with Crippen LogP contribution in [0.3, 0.4) is 0 Å². The summed E-state index contributed by atoms with van der Waals surface area (Å²) in [6.45, 7) is 4.07. The molecular formula is C19H24N2. The minimum atomic E-state index is 0.775. The second-order valence-electron chi connectivity index (χ2n) is 6.16. The Morgan fingerprint density at radius 2 is 1.57 bits per heavy atom. The average molecular weight is 280 g/mol. The van der Waals surface area contributed by atoms with Crippen LogP contribution in [-0.2, 0) is 13.1 Å². The third-order valence-electron chi connectivity index (χ3n) is 4.09. The van der Waals surface area contributed by atoms with Crippen LogP contribution >= 0.6 is 0 Å². The summed E-state index contributed by atoms with van der Waals surface area (Å²) in [5.41, 5.74) is 5.30. The van der Waals surface area contributed by atoms with Crippen molar-refractivity contribution in [3.8, 4) is 0 Å². The number of benzene rings is 2. The zero-order valence-corrected chi connectivity index (χ0v) is 13.0. The van der Waals surface area contributed by atoms with Gasteiger partial charge >= 0.3 is 0 Å². The van der Waals surface area contributed by atoms with Gasteiger partial charge in [0.05, 0.1) is 0 Å². The molecule has 0 aliphatic heterocycles. The van der Waals surface area contributed by atoms with Gasteiger partial charge in [0, 0.05) is 31.9 Å². The van der Waals surface area contributed by atoms with Crippen molar-refractivity contribution in [3.63, 3.8) is 0 Å². The van der Waals surface area contributed by atoms with Gasteiger partial charge in [-0.1, -0.05) is 42.0 Å². The third-order valence-corrected chi connectivity index (χ3v) is 4.09. The zero-order valence-electron chi connectivity index (χ0n) is 13.0. The number of anilines is 1. The van der Waals surface area contributed by atoms with Crippen LogP contribution in [0.2, 0.25) is 0 Å². The van der Waals surface area contributed by atoms with E-state index in [1.54, 1.807) is 0 Å². The van der Waals surface area contributed by atoms with Gasteiger partial charge in [-0.2, -0.15) is 0 Å². The summed E-state index contributed by atoms with van der Waals surface area (Å²) in [5.74, 6) is 0. The fourth-order valence-corrected chi connectivity index (χ4v) is 2.48. The van der Waals surface area contributed by atoms with Crippen LogP contribution < -0.4 is 10.2 Å². The highest BCUT2D eigenvalue weighted by Gasteiger charge is 2.19. The van der Waals surface area contributed by atoms with E-state index >= 15 is 0 Å². The van der Waals surface area contributed by atoms with E-state index in [1.807, 2.05) is 0 Å². The van der Waals surface area contributed by atoms with E-state index in [4.69, 9.17) is 0 Å². The van der Waals surface area contributed by atoms with Gasteiger partial charge < -0.3 is 10.2 Å².